The number of pyridine rings is 1. The molecular formula is C23H24N4O3. The largest absolute Gasteiger partial charge is 0.496 e. The Bertz CT molecular complexity index is 1100. The van der Waals surface area contributed by atoms with Gasteiger partial charge in [-0.05, 0) is 50.8 Å². The molecule has 2 aromatic rings. The van der Waals surface area contributed by atoms with Crippen LogP contribution in [-0.2, 0) is 4.79 Å². The molecule has 154 valence electrons. The van der Waals surface area contributed by atoms with E-state index in [2.05, 4.69) is 16.4 Å². The van der Waals surface area contributed by atoms with Gasteiger partial charge in [0.05, 0.1) is 35.9 Å². The molecule has 1 atom stereocenters. The monoisotopic (exact) mass is 404 g/mol. The van der Waals surface area contributed by atoms with Gasteiger partial charge < -0.3 is 20.5 Å². The van der Waals surface area contributed by atoms with Gasteiger partial charge in [0.15, 0.2) is 0 Å². The minimum absolute atomic E-state index is 0.122. The highest BCUT2D eigenvalue weighted by Gasteiger charge is 2.37. The smallest absolute Gasteiger partial charge is 0.247 e. The number of fused-ring (bicyclic) bond motifs is 1. The molecule has 1 fully saturated rings. The zero-order valence-electron chi connectivity index (χ0n) is 17.3. The van der Waals surface area contributed by atoms with E-state index in [9.17, 15) is 10.1 Å². The summed E-state index contributed by atoms with van der Waals surface area (Å²) in [6.07, 6.45) is 5.00. The van der Waals surface area contributed by atoms with Crippen molar-refractivity contribution in [3.8, 4) is 17.7 Å². The Hall–Kier alpha value is -3.53. The number of nitrogens with zero attached hydrogens (tertiary/aromatic N) is 2. The van der Waals surface area contributed by atoms with Crippen LogP contribution in [0.25, 0.3) is 0 Å². The average Bonchev–Trinajstić information content (AvgIpc) is 2.70. The Morgan fingerprint density at radius 2 is 2.10 bits per heavy atom. The van der Waals surface area contributed by atoms with Crippen molar-refractivity contribution in [1.29, 1.82) is 5.26 Å². The van der Waals surface area contributed by atoms with Crippen molar-refractivity contribution < 1.29 is 14.3 Å². The molecule has 1 aliphatic carbocycles. The summed E-state index contributed by atoms with van der Waals surface area (Å²) in [7, 11) is 1.54. The molecule has 7 heteroatoms. The van der Waals surface area contributed by atoms with Gasteiger partial charge in [0, 0.05) is 23.0 Å². The van der Waals surface area contributed by atoms with Crippen molar-refractivity contribution in [3.05, 3.63) is 57.9 Å². The topological polar surface area (TPSA) is 110 Å². The number of methoxy groups -OCH3 is 1. The Labute approximate surface area is 175 Å². The molecule has 7 nitrogen and oxygen atoms in total. The molecule has 0 spiro atoms. The number of nitriles is 1. The van der Waals surface area contributed by atoms with E-state index in [1.54, 1.807) is 25.4 Å². The third kappa shape index (κ3) is 3.24. The van der Waals surface area contributed by atoms with E-state index in [-0.39, 0.29) is 6.10 Å². The number of rotatable bonds is 5. The number of hydrogen-bond acceptors (Lipinski definition) is 6. The average molecular weight is 404 g/mol. The lowest BCUT2D eigenvalue weighted by Crippen LogP contribution is -2.30. The third-order valence-electron chi connectivity index (χ3n) is 5.83. The first-order valence-corrected chi connectivity index (χ1v) is 9.96. The van der Waals surface area contributed by atoms with E-state index in [0.717, 1.165) is 41.6 Å². The fourth-order valence-corrected chi connectivity index (χ4v) is 4.06. The van der Waals surface area contributed by atoms with Crippen LogP contribution in [0.5, 0.6) is 11.6 Å². The first-order valence-electron chi connectivity index (χ1n) is 9.96. The molecule has 0 saturated heterocycles. The van der Waals surface area contributed by atoms with Gasteiger partial charge in [0.1, 0.15) is 11.9 Å². The van der Waals surface area contributed by atoms with Gasteiger partial charge in [-0.3, -0.25) is 4.79 Å². The van der Waals surface area contributed by atoms with Crippen molar-refractivity contribution >= 4 is 11.6 Å². The molecule has 2 heterocycles. The summed E-state index contributed by atoms with van der Waals surface area (Å²) in [5.74, 6) is -0.0490. The summed E-state index contributed by atoms with van der Waals surface area (Å²) in [6.45, 7) is 3.79. The summed E-state index contributed by atoms with van der Waals surface area (Å²) in [5, 5.41) is 12.6. The van der Waals surface area contributed by atoms with Crippen molar-refractivity contribution in [2.45, 2.75) is 45.1 Å². The number of aromatic nitrogens is 1. The summed E-state index contributed by atoms with van der Waals surface area (Å²) < 4.78 is 11.8. The van der Waals surface area contributed by atoms with Crippen LogP contribution < -0.4 is 20.5 Å². The quantitative estimate of drug-likeness (QED) is 0.789. The second-order valence-electron chi connectivity index (χ2n) is 7.74. The van der Waals surface area contributed by atoms with Crippen LogP contribution in [0, 0.1) is 18.3 Å². The third-order valence-corrected chi connectivity index (χ3v) is 5.83. The Balaban J connectivity index is 1.97. The van der Waals surface area contributed by atoms with Crippen LogP contribution in [0.1, 0.15) is 54.4 Å². The van der Waals surface area contributed by atoms with Crippen molar-refractivity contribution in [2.24, 2.45) is 5.73 Å². The molecule has 1 aromatic carbocycles. The van der Waals surface area contributed by atoms with E-state index in [1.165, 1.54) is 0 Å². The second kappa shape index (κ2) is 7.71. The SMILES string of the molecule is COc1cc(C#N)ccc1[C@@H]1C(C(N)=O)=C(C)Nc2c(C)cnc(OC3CCC3)c21. The van der Waals surface area contributed by atoms with Crippen LogP contribution >= 0.6 is 0 Å². The zero-order chi connectivity index (χ0) is 21.4. The van der Waals surface area contributed by atoms with Crippen LogP contribution in [0.3, 0.4) is 0 Å². The lowest BCUT2D eigenvalue weighted by atomic mass is 9.79. The van der Waals surface area contributed by atoms with E-state index >= 15 is 0 Å². The predicted octanol–water partition coefficient (Wildman–Crippen LogP) is 3.52. The normalized spacial score (nSPS) is 18.0. The van der Waals surface area contributed by atoms with Crippen molar-refractivity contribution in [1.82, 2.24) is 4.98 Å². The molecule has 1 aliphatic heterocycles. The van der Waals surface area contributed by atoms with Gasteiger partial charge >= 0.3 is 0 Å². The minimum Gasteiger partial charge on any atom is -0.496 e. The highest BCUT2D eigenvalue weighted by atomic mass is 16.5. The fourth-order valence-electron chi connectivity index (χ4n) is 4.06. The molecule has 1 amide bonds. The molecular weight excluding hydrogens is 380 g/mol. The molecule has 0 radical (unpaired) electrons. The van der Waals surface area contributed by atoms with E-state index in [0.29, 0.717) is 28.5 Å². The van der Waals surface area contributed by atoms with Crippen LogP contribution in [0.2, 0.25) is 0 Å². The van der Waals surface area contributed by atoms with Gasteiger partial charge in [-0.25, -0.2) is 4.98 Å². The van der Waals surface area contributed by atoms with Crippen LogP contribution in [-0.4, -0.2) is 24.1 Å². The molecule has 0 bridgehead atoms. The number of nitrogens with two attached hydrogens (primary N) is 1. The second-order valence-corrected chi connectivity index (χ2v) is 7.74. The molecule has 30 heavy (non-hydrogen) atoms. The molecule has 1 saturated carbocycles. The fraction of sp³-hybridized carbons (Fsp3) is 0.348. The minimum atomic E-state index is -0.529. The van der Waals surface area contributed by atoms with Crippen LogP contribution in [0.15, 0.2) is 35.7 Å². The van der Waals surface area contributed by atoms with Gasteiger partial charge in [-0.15, -0.1) is 0 Å². The van der Waals surface area contributed by atoms with Crippen molar-refractivity contribution in [3.63, 3.8) is 0 Å². The maximum absolute atomic E-state index is 12.5. The standard InChI is InChI=1S/C23H24N4O3/c1-12-11-26-23(30-15-5-4-6-15)20-19(18(22(25)28)13(2)27-21(12)20)16-8-7-14(10-24)9-17(16)29-3/h7-9,11,15,19,27H,4-6H2,1-3H3,(H2,25,28)/t19-/m1/s1. The highest BCUT2D eigenvalue weighted by molar-refractivity contribution is 5.98. The molecule has 1 aromatic heterocycles. The van der Waals surface area contributed by atoms with Gasteiger partial charge in [0.25, 0.3) is 0 Å². The summed E-state index contributed by atoms with van der Waals surface area (Å²) in [5.41, 5.74) is 10.7. The van der Waals surface area contributed by atoms with Gasteiger partial charge in [-0.1, -0.05) is 6.07 Å². The number of amides is 1. The van der Waals surface area contributed by atoms with E-state index < -0.39 is 11.8 Å². The predicted molar refractivity (Wildman–Crippen MR) is 112 cm³/mol. The zero-order valence-corrected chi connectivity index (χ0v) is 17.3. The molecule has 2 aliphatic rings. The van der Waals surface area contributed by atoms with E-state index in [4.69, 9.17) is 15.2 Å². The molecule has 3 N–H and O–H groups in total. The highest BCUT2D eigenvalue weighted by Crippen LogP contribution is 2.49. The maximum Gasteiger partial charge on any atom is 0.247 e. The van der Waals surface area contributed by atoms with Gasteiger partial charge in [-0.2, -0.15) is 5.26 Å². The lowest BCUT2D eigenvalue weighted by Gasteiger charge is -2.34. The number of benzene rings is 1. The number of anilines is 1. The number of primary amides is 1. The number of allylic oxidation sites excluding steroid dienone is 1. The Morgan fingerprint density at radius 1 is 1.33 bits per heavy atom. The number of nitrogens with one attached hydrogen (secondary N) is 1. The van der Waals surface area contributed by atoms with Crippen LogP contribution in [0.4, 0.5) is 5.69 Å². The van der Waals surface area contributed by atoms with Crippen molar-refractivity contribution in [2.75, 3.05) is 12.4 Å². The summed E-state index contributed by atoms with van der Waals surface area (Å²) in [4.78, 5) is 17.1. The lowest BCUT2D eigenvalue weighted by molar-refractivity contribution is -0.114. The first kappa shape index (κ1) is 19.8. The Morgan fingerprint density at radius 3 is 2.70 bits per heavy atom. The number of ether oxygens (including phenoxy) is 2. The number of carbonyl (C=O) groups is 1. The summed E-state index contributed by atoms with van der Waals surface area (Å²) >= 11 is 0. The number of hydrogen-bond donors (Lipinski definition) is 2. The van der Waals surface area contributed by atoms with E-state index in [1.807, 2.05) is 19.9 Å². The molecule has 4 rings (SSSR count). The Kier molecular flexibility index (Phi) is 5.08. The first-order chi connectivity index (χ1) is 14.4. The summed E-state index contributed by atoms with van der Waals surface area (Å²) in [6, 6.07) is 7.31. The number of aryl methyl sites for hydroxylation is 1. The van der Waals surface area contributed by atoms with Gasteiger partial charge in [0.2, 0.25) is 11.8 Å². The maximum atomic E-state index is 12.5. The number of carbonyl (C=O) groups excluding carboxylic acids is 1. The molecule has 0 unspecified atom stereocenters.